The number of hydrogen-bond acceptors (Lipinski definition) is 5. The van der Waals surface area contributed by atoms with Gasteiger partial charge in [0.15, 0.2) is 0 Å². The van der Waals surface area contributed by atoms with Crippen LogP contribution < -0.4 is 0 Å². The van der Waals surface area contributed by atoms with E-state index in [0.717, 1.165) is 0 Å². The van der Waals surface area contributed by atoms with Gasteiger partial charge in [-0.05, 0) is 26.7 Å². The van der Waals surface area contributed by atoms with E-state index in [4.69, 9.17) is 4.74 Å². The number of nitrogens with zero attached hydrogens (tertiary/aromatic N) is 3. The van der Waals surface area contributed by atoms with Crippen molar-refractivity contribution < 1.29 is 17.9 Å². The van der Waals surface area contributed by atoms with Crippen LogP contribution in [0.25, 0.3) is 0 Å². The van der Waals surface area contributed by atoms with E-state index in [-0.39, 0.29) is 35.7 Å². The minimum Gasteiger partial charge on any atom is -0.466 e. The van der Waals surface area contributed by atoms with Crippen molar-refractivity contribution in [2.45, 2.75) is 31.6 Å². The number of aryl methyl sites for hydroxylation is 2. The topological polar surface area (TPSA) is 81.5 Å². The normalized spacial score (nSPS) is 19.5. The zero-order valence-electron chi connectivity index (χ0n) is 13.0. The molecular formula is C13H22ClN3O4S. The Bertz CT molecular complexity index is 629. The SMILES string of the molecule is CCOC(=O)C1CCCN(S(=O)(=O)c2cn(C)nc2C)C1.Cl. The first-order valence-electron chi connectivity index (χ1n) is 7.03. The third-order valence-corrected chi connectivity index (χ3v) is 5.56. The highest BCUT2D eigenvalue weighted by Gasteiger charge is 2.35. The molecule has 0 bridgehead atoms. The third-order valence-electron chi connectivity index (χ3n) is 3.59. The number of carbonyl (C=O) groups is 1. The molecule has 1 aliphatic heterocycles. The molecule has 1 saturated heterocycles. The van der Waals surface area contributed by atoms with E-state index in [1.165, 1.54) is 15.2 Å². The van der Waals surface area contributed by atoms with E-state index in [9.17, 15) is 13.2 Å². The molecule has 2 rings (SSSR count). The van der Waals surface area contributed by atoms with Gasteiger partial charge >= 0.3 is 5.97 Å². The molecular weight excluding hydrogens is 330 g/mol. The number of hydrogen-bond donors (Lipinski definition) is 0. The molecule has 7 nitrogen and oxygen atoms in total. The molecule has 1 aliphatic rings. The second-order valence-electron chi connectivity index (χ2n) is 5.21. The summed E-state index contributed by atoms with van der Waals surface area (Å²) in [7, 11) is -1.93. The second kappa shape index (κ2) is 7.43. The average Bonchev–Trinajstić information content (AvgIpc) is 2.79. The van der Waals surface area contributed by atoms with Gasteiger partial charge in [0.1, 0.15) is 4.90 Å². The highest BCUT2D eigenvalue weighted by atomic mass is 35.5. The van der Waals surface area contributed by atoms with Crippen LogP contribution in [0.4, 0.5) is 0 Å². The number of ether oxygens (including phenoxy) is 1. The van der Waals surface area contributed by atoms with Crippen LogP contribution in [0.2, 0.25) is 0 Å². The lowest BCUT2D eigenvalue weighted by molar-refractivity contribution is -0.149. The lowest BCUT2D eigenvalue weighted by atomic mass is 10.0. The van der Waals surface area contributed by atoms with Crippen LogP contribution in [0.5, 0.6) is 0 Å². The number of esters is 1. The smallest absolute Gasteiger partial charge is 0.310 e. The van der Waals surface area contributed by atoms with Gasteiger partial charge in [0.25, 0.3) is 0 Å². The van der Waals surface area contributed by atoms with E-state index in [1.54, 1.807) is 20.9 Å². The molecule has 0 amide bonds. The summed E-state index contributed by atoms with van der Waals surface area (Å²) in [5, 5.41) is 4.07. The highest BCUT2D eigenvalue weighted by Crippen LogP contribution is 2.25. The van der Waals surface area contributed by atoms with Crippen molar-refractivity contribution >= 4 is 28.4 Å². The predicted octanol–water partition coefficient (Wildman–Crippen LogP) is 1.11. The minimum atomic E-state index is -3.61. The summed E-state index contributed by atoms with van der Waals surface area (Å²) in [6, 6.07) is 0. The molecule has 1 atom stereocenters. The largest absolute Gasteiger partial charge is 0.466 e. The Morgan fingerprint density at radius 1 is 1.50 bits per heavy atom. The van der Waals surface area contributed by atoms with Crippen LogP contribution in [0, 0.1) is 12.8 Å². The Balaban J connectivity index is 0.00000242. The van der Waals surface area contributed by atoms with Gasteiger partial charge in [-0.25, -0.2) is 8.42 Å². The fourth-order valence-electron chi connectivity index (χ4n) is 2.58. The van der Waals surface area contributed by atoms with E-state index >= 15 is 0 Å². The summed E-state index contributed by atoms with van der Waals surface area (Å²) in [5.41, 5.74) is 0.468. The molecule has 0 saturated carbocycles. The van der Waals surface area contributed by atoms with Gasteiger partial charge in [-0.1, -0.05) is 0 Å². The standard InChI is InChI=1S/C13H21N3O4S.ClH/c1-4-20-13(17)11-6-5-7-16(8-11)21(18,19)12-9-15(3)14-10(12)2;/h9,11H,4-8H2,1-3H3;1H. The summed E-state index contributed by atoms with van der Waals surface area (Å²) in [5.74, 6) is -0.703. The van der Waals surface area contributed by atoms with Crippen LogP contribution in [-0.4, -0.2) is 48.2 Å². The quantitative estimate of drug-likeness (QED) is 0.759. The lowest BCUT2D eigenvalue weighted by Crippen LogP contribution is -2.42. The van der Waals surface area contributed by atoms with Crippen molar-refractivity contribution in [3.05, 3.63) is 11.9 Å². The molecule has 1 aromatic heterocycles. The van der Waals surface area contributed by atoms with E-state index in [1.807, 2.05) is 0 Å². The molecule has 1 fully saturated rings. The first-order valence-corrected chi connectivity index (χ1v) is 8.47. The number of sulfonamides is 1. The highest BCUT2D eigenvalue weighted by molar-refractivity contribution is 7.89. The molecule has 0 aromatic carbocycles. The van der Waals surface area contributed by atoms with Gasteiger partial charge in [-0.2, -0.15) is 9.40 Å². The maximum absolute atomic E-state index is 12.7. The van der Waals surface area contributed by atoms with Crippen LogP contribution in [-0.2, 0) is 26.6 Å². The lowest BCUT2D eigenvalue weighted by Gasteiger charge is -2.30. The Morgan fingerprint density at radius 3 is 2.73 bits per heavy atom. The zero-order chi connectivity index (χ0) is 15.6. The summed E-state index contributed by atoms with van der Waals surface area (Å²) < 4.78 is 33.2. The maximum atomic E-state index is 12.7. The van der Waals surface area contributed by atoms with Gasteiger partial charge < -0.3 is 4.74 Å². The van der Waals surface area contributed by atoms with Crippen LogP contribution in [0.3, 0.4) is 0 Å². The fourth-order valence-corrected chi connectivity index (χ4v) is 4.31. The molecule has 126 valence electrons. The van der Waals surface area contributed by atoms with Gasteiger partial charge in [0, 0.05) is 26.3 Å². The van der Waals surface area contributed by atoms with E-state index < -0.39 is 10.0 Å². The first kappa shape index (κ1) is 18.9. The molecule has 9 heteroatoms. The molecule has 0 N–H and O–H groups in total. The molecule has 0 spiro atoms. The molecule has 1 aromatic rings. The number of rotatable bonds is 4. The second-order valence-corrected chi connectivity index (χ2v) is 7.11. The fraction of sp³-hybridized carbons (Fsp3) is 0.692. The van der Waals surface area contributed by atoms with Gasteiger partial charge in [-0.15, -0.1) is 12.4 Å². The number of halogens is 1. The molecule has 2 heterocycles. The number of carbonyl (C=O) groups excluding carboxylic acids is 1. The average molecular weight is 352 g/mol. The Labute approximate surface area is 137 Å². The third kappa shape index (κ3) is 3.80. The molecule has 1 unspecified atom stereocenters. The van der Waals surface area contributed by atoms with Gasteiger partial charge in [0.05, 0.1) is 18.2 Å². The Morgan fingerprint density at radius 2 is 2.18 bits per heavy atom. The molecule has 0 radical (unpaired) electrons. The van der Waals surface area contributed by atoms with Crippen molar-refractivity contribution in [2.24, 2.45) is 13.0 Å². The van der Waals surface area contributed by atoms with Gasteiger partial charge in [0.2, 0.25) is 10.0 Å². The summed E-state index contributed by atoms with van der Waals surface area (Å²) in [6.45, 7) is 4.32. The summed E-state index contributed by atoms with van der Waals surface area (Å²) >= 11 is 0. The maximum Gasteiger partial charge on any atom is 0.310 e. The zero-order valence-corrected chi connectivity index (χ0v) is 14.6. The van der Waals surface area contributed by atoms with Crippen molar-refractivity contribution in [3.63, 3.8) is 0 Å². The van der Waals surface area contributed by atoms with Crippen molar-refractivity contribution in [1.82, 2.24) is 14.1 Å². The van der Waals surface area contributed by atoms with E-state index in [2.05, 4.69) is 5.10 Å². The monoisotopic (exact) mass is 351 g/mol. The van der Waals surface area contributed by atoms with E-state index in [0.29, 0.717) is 31.7 Å². The van der Waals surface area contributed by atoms with Crippen molar-refractivity contribution in [1.29, 1.82) is 0 Å². The van der Waals surface area contributed by atoms with Crippen LogP contribution >= 0.6 is 12.4 Å². The number of aromatic nitrogens is 2. The van der Waals surface area contributed by atoms with Crippen LogP contribution in [0.1, 0.15) is 25.5 Å². The first-order chi connectivity index (χ1) is 9.86. The van der Waals surface area contributed by atoms with Crippen molar-refractivity contribution in [3.8, 4) is 0 Å². The van der Waals surface area contributed by atoms with Crippen LogP contribution in [0.15, 0.2) is 11.1 Å². The number of piperidine rings is 1. The predicted molar refractivity (Wildman–Crippen MR) is 83.3 cm³/mol. The summed E-state index contributed by atoms with van der Waals surface area (Å²) in [6.07, 6.45) is 2.82. The molecule has 0 aliphatic carbocycles. The molecule has 22 heavy (non-hydrogen) atoms. The Kier molecular flexibility index (Phi) is 6.39. The van der Waals surface area contributed by atoms with Crippen molar-refractivity contribution in [2.75, 3.05) is 19.7 Å². The summed E-state index contributed by atoms with van der Waals surface area (Å²) in [4.78, 5) is 12.0. The minimum absolute atomic E-state index is 0. The Hall–Kier alpha value is -1.12. The van der Waals surface area contributed by atoms with Gasteiger partial charge in [-0.3, -0.25) is 9.48 Å².